The summed E-state index contributed by atoms with van der Waals surface area (Å²) in [5.74, 6) is 0. The van der Waals surface area contributed by atoms with Crippen LogP contribution in [-0.2, 0) is 6.42 Å². The van der Waals surface area contributed by atoms with E-state index < -0.39 is 0 Å². The van der Waals surface area contributed by atoms with Crippen LogP contribution in [0, 0.1) is 0 Å². The van der Waals surface area contributed by atoms with Crippen LogP contribution in [-0.4, -0.2) is 10.2 Å². The Morgan fingerprint density at radius 2 is 1.48 bits per heavy atom. The number of hydrogen-bond donors (Lipinski definition) is 0. The normalized spacial score (nSPS) is 11.0. The van der Waals surface area contributed by atoms with Gasteiger partial charge in [-0.3, -0.25) is 0 Å². The van der Waals surface area contributed by atoms with Gasteiger partial charge in [-0.05, 0) is 34.9 Å². The van der Waals surface area contributed by atoms with Crippen LogP contribution in [0.25, 0.3) is 31.9 Å². The Balaban J connectivity index is 1.73. The molecule has 2 nitrogen and oxygen atoms in total. The molecule has 0 saturated heterocycles. The van der Waals surface area contributed by atoms with E-state index in [0.717, 1.165) is 27.6 Å². The molecule has 0 aliphatic rings. The Morgan fingerprint density at radius 3 is 2.26 bits per heavy atom. The Morgan fingerprint density at radius 1 is 0.739 bits per heavy atom. The lowest BCUT2D eigenvalue weighted by molar-refractivity contribution is 1.10. The second-order valence-electron chi connectivity index (χ2n) is 5.53. The molecule has 0 aliphatic carbocycles. The third-order valence-corrected chi connectivity index (χ3v) is 5.02. The number of aromatic nitrogens is 2. The maximum absolute atomic E-state index is 4.39. The van der Waals surface area contributed by atoms with Gasteiger partial charge >= 0.3 is 0 Å². The minimum atomic E-state index is 0.965. The van der Waals surface area contributed by atoms with E-state index in [1.165, 1.54) is 16.3 Å². The molecule has 0 atom stereocenters. The van der Waals surface area contributed by atoms with Gasteiger partial charge in [0.15, 0.2) is 0 Å². The Labute approximate surface area is 139 Å². The molecule has 0 bridgehead atoms. The lowest BCUT2D eigenvalue weighted by Gasteiger charge is -2.00. The Hall–Kier alpha value is -2.52. The summed E-state index contributed by atoms with van der Waals surface area (Å²) in [7, 11) is 0. The summed E-state index contributed by atoms with van der Waals surface area (Å²) in [5.41, 5.74) is 3.60. The highest BCUT2D eigenvalue weighted by molar-refractivity contribution is 7.17. The predicted octanol–water partition coefficient (Wildman–Crippen LogP) is 5.59. The van der Waals surface area contributed by atoms with Gasteiger partial charge in [-0.1, -0.05) is 72.9 Å². The van der Waals surface area contributed by atoms with Crippen molar-refractivity contribution in [3.8, 4) is 21.1 Å². The summed E-state index contributed by atoms with van der Waals surface area (Å²) in [6, 6.07) is 23.4. The Kier molecular flexibility index (Phi) is 3.64. The molecular formula is C20H16N2S. The average molecular weight is 316 g/mol. The van der Waals surface area contributed by atoms with Crippen molar-refractivity contribution >= 4 is 22.1 Å². The fourth-order valence-electron chi connectivity index (χ4n) is 2.70. The molecule has 112 valence electrons. The minimum absolute atomic E-state index is 0.965. The molecule has 3 heteroatoms. The Bertz CT molecular complexity index is 972. The average Bonchev–Trinajstić information content (AvgIpc) is 3.11. The van der Waals surface area contributed by atoms with E-state index in [1.54, 1.807) is 11.3 Å². The van der Waals surface area contributed by atoms with E-state index in [2.05, 4.69) is 83.9 Å². The van der Waals surface area contributed by atoms with Crippen molar-refractivity contribution in [1.82, 2.24) is 10.2 Å². The van der Waals surface area contributed by atoms with Crippen LogP contribution in [0.5, 0.6) is 0 Å². The maximum atomic E-state index is 4.39. The van der Waals surface area contributed by atoms with Gasteiger partial charge in [0, 0.05) is 11.1 Å². The molecule has 0 amide bonds. The molecule has 0 spiro atoms. The highest BCUT2D eigenvalue weighted by Crippen LogP contribution is 2.31. The number of benzene rings is 3. The molecule has 0 N–H and O–H groups in total. The summed E-state index contributed by atoms with van der Waals surface area (Å²) < 4.78 is 0. The van der Waals surface area contributed by atoms with Gasteiger partial charge in [-0.25, -0.2) is 0 Å². The van der Waals surface area contributed by atoms with Crippen molar-refractivity contribution in [1.29, 1.82) is 0 Å². The lowest BCUT2D eigenvalue weighted by Crippen LogP contribution is -1.82. The molecule has 1 aromatic heterocycles. The minimum Gasteiger partial charge on any atom is -0.138 e. The van der Waals surface area contributed by atoms with Gasteiger partial charge < -0.3 is 0 Å². The summed E-state index contributed by atoms with van der Waals surface area (Å²) in [6.45, 7) is 2.17. The fraction of sp³-hybridized carbons (Fsp3) is 0.100. The first-order valence-electron chi connectivity index (χ1n) is 7.75. The molecule has 0 fully saturated rings. The van der Waals surface area contributed by atoms with Gasteiger partial charge in [0.2, 0.25) is 0 Å². The summed E-state index contributed by atoms with van der Waals surface area (Å²) >= 11 is 1.64. The van der Waals surface area contributed by atoms with E-state index >= 15 is 0 Å². The van der Waals surface area contributed by atoms with Gasteiger partial charge in [0.05, 0.1) is 0 Å². The number of hydrogen-bond acceptors (Lipinski definition) is 3. The van der Waals surface area contributed by atoms with Crippen LogP contribution < -0.4 is 0 Å². The molecule has 1 heterocycles. The number of aryl methyl sites for hydroxylation is 1. The second kappa shape index (κ2) is 5.94. The molecule has 0 saturated carbocycles. The molecule has 23 heavy (non-hydrogen) atoms. The topological polar surface area (TPSA) is 25.8 Å². The van der Waals surface area contributed by atoms with Crippen LogP contribution in [0.3, 0.4) is 0 Å². The molecule has 0 unspecified atom stereocenters. The summed E-state index contributed by atoms with van der Waals surface area (Å²) in [4.78, 5) is 0. The van der Waals surface area contributed by atoms with E-state index in [4.69, 9.17) is 0 Å². The zero-order chi connectivity index (χ0) is 15.6. The third-order valence-electron chi connectivity index (χ3n) is 4.00. The highest BCUT2D eigenvalue weighted by atomic mass is 32.1. The van der Waals surface area contributed by atoms with E-state index in [1.807, 2.05) is 0 Å². The molecule has 0 radical (unpaired) electrons. The largest absolute Gasteiger partial charge is 0.148 e. The van der Waals surface area contributed by atoms with Crippen LogP contribution >= 0.6 is 11.3 Å². The van der Waals surface area contributed by atoms with E-state index in [9.17, 15) is 0 Å². The van der Waals surface area contributed by atoms with Gasteiger partial charge in [0.25, 0.3) is 0 Å². The molecule has 4 aromatic rings. The fourth-order valence-corrected chi connectivity index (χ4v) is 3.54. The first kappa shape index (κ1) is 14.1. The SMILES string of the molecule is CCc1cccc(-c2nnc(-c3ccc4ccccc4c3)s2)c1. The number of fused-ring (bicyclic) bond motifs is 1. The van der Waals surface area contributed by atoms with Crippen LogP contribution in [0.4, 0.5) is 0 Å². The second-order valence-corrected chi connectivity index (χ2v) is 6.51. The van der Waals surface area contributed by atoms with Gasteiger partial charge in [-0.2, -0.15) is 0 Å². The van der Waals surface area contributed by atoms with Crippen LogP contribution in [0.15, 0.2) is 66.7 Å². The summed E-state index contributed by atoms with van der Waals surface area (Å²) in [5, 5.41) is 13.2. The lowest BCUT2D eigenvalue weighted by atomic mass is 10.1. The zero-order valence-electron chi connectivity index (χ0n) is 12.9. The first-order valence-corrected chi connectivity index (χ1v) is 8.57. The van der Waals surface area contributed by atoms with E-state index in [-0.39, 0.29) is 0 Å². The maximum Gasteiger partial charge on any atom is 0.148 e. The quantitative estimate of drug-likeness (QED) is 0.492. The smallest absolute Gasteiger partial charge is 0.138 e. The summed E-state index contributed by atoms with van der Waals surface area (Å²) in [6.07, 6.45) is 1.03. The molecule has 3 aromatic carbocycles. The van der Waals surface area contributed by atoms with Crippen molar-refractivity contribution in [2.24, 2.45) is 0 Å². The van der Waals surface area contributed by atoms with Crippen molar-refractivity contribution in [2.45, 2.75) is 13.3 Å². The standard InChI is InChI=1S/C20H16N2S/c1-2-14-6-5-9-17(12-14)19-21-22-20(23-19)18-11-10-15-7-3-4-8-16(15)13-18/h3-13H,2H2,1H3. The highest BCUT2D eigenvalue weighted by Gasteiger charge is 2.09. The van der Waals surface area contributed by atoms with Crippen molar-refractivity contribution in [2.75, 3.05) is 0 Å². The molecule has 4 rings (SSSR count). The monoisotopic (exact) mass is 316 g/mol. The number of rotatable bonds is 3. The van der Waals surface area contributed by atoms with Crippen LogP contribution in [0.2, 0.25) is 0 Å². The number of nitrogens with zero attached hydrogens (tertiary/aromatic N) is 2. The van der Waals surface area contributed by atoms with Crippen molar-refractivity contribution in [3.63, 3.8) is 0 Å². The molecular weight excluding hydrogens is 300 g/mol. The third kappa shape index (κ3) is 2.76. The van der Waals surface area contributed by atoms with Crippen LogP contribution in [0.1, 0.15) is 12.5 Å². The van der Waals surface area contributed by atoms with Gasteiger partial charge in [-0.15, -0.1) is 10.2 Å². The van der Waals surface area contributed by atoms with Crippen molar-refractivity contribution in [3.05, 3.63) is 72.3 Å². The zero-order valence-corrected chi connectivity index (χ0v) is 13.7. The van der Waals surface area contributed by atoms with Gasteiger partial charge in [0.1, 0.15) is 10.0 Å². The first-order chi connectivity index (χ1) is 11.3. The predicted molar refractivity (Wildman–Crippen MR) is 97.7 cm³/mol. The molecule has 0 aliphatic heterocycles. The van der Waals surface area contributed by atoms with Crippen molar-refractivity contribution < 1.29 is 0 Å². The van der Waals surface area contributed by atoms with E-state index in [0.29, 0.717) is 0 Å².